The molecule has 0 spiro atoms. The van der Waals surface area contributed by atoms with Gasteiger partial charge in [0.05, 0.1) is 56.1 Å². The highest BCUT2D eigenvalue weighted by molar-refractivity contribution is 7.85. The molecule has 0 amide bonds. The Morgan fingerprint density at radius 3 is 0.681 bits per heavy atom. The van der Waals surface area contributed by atoms with Gasteiger partial charge in [0.25, 0.3) is 0 Å². The lowest BCUT2D eigenvalue weighted by atomic mass is 9.91. The van der Waals surface area contributed by atoms with E-state index in [1.807, 2.05) is 182 Å². The minimum absolute atomic E-state index is 0.820. The van der Waals surface area contributed by atoms with Crippen LogP contribution in [0.3, 0.4) is 0 Å². The van der Waals surface area contributed by atoms with E-state index in [-0.39, 0.29) is 0 Å². The number of benzene rings is 20. The Bertz CT molecular complexity index is 8500. The van der Waals surface area contributed by atoms with E-state index in [0.717, 1.165) is 181 Å². The second kappa shape index (κ2) is 37.3. The van der Waals surface area contributed by atoms with Crippen LogP contribution in [0.4, 0.5) is 0 Å². The lowest BCUT2D eigenvalue weighted by Gasteiger charge is -2.20. The Balaban J connectivity index is 0.000000116. The fraction of sp³-hybridized carbons (Fsp3) is 0. The molecule has 0 bridgehead atoms. The van der Waals surface area contributed by atoms with Crippen LogP contribution in [0, 0.1) is 0 Å². The highest BCUT2D eigenvalue weighted by atomic mass is 31.2. The summed E-state index contributed by atoms with van der Waals surface area (Å²) >= 11 is 0. The molecule has 650 valence electrons. The first-order valence-corrected chi connectivity index (χ1v) is 49.9. The second-order valence-corrected chi connectivity index (χ2v) is 40.1. The summed E-state index contributed by atoms with van der Waals surface area (Å²) in [4.78, 5) is 26.1. The summed E-state index contributed by atoms with van der Waals surface area (Å²) in [5.74, 6) is 0. The van der Waals surface area contributed by atoms with Gasteiger partial charge in [-0.15, -0.1) is 0 Å². The maximum absolute atomic E-state index is 14.9. The monoisotopic (exact) mass is 1800 g/mol. The molecule has 0 fully saturated rings. The molecule has 25 rings (SSSR count). The van der Waals surface area contributed by atoms with Gasteiger partial charge < -0.3 is 9.13 Å². The van der Waals surface area contributed by atoms with Crippen molar-refractivity contribution < 1.29 is 9.13 Å². The van der Waals surface area contributed by atoms with Crippen LogP contribution in [0.15, 0.2) is 528 Å². The fourth-order valence-corrected chi connectivity index (χ4v) is 24.9. The van der Waals surface area contributed by atoms with Crippen LogP contribution in [0.1, 0.15) is 0 Å². The summed E-state index contributed by atoms with van der Waals surface area (Å²) in [6.07, 6.45) is 0. The van der Waals surface area contributed by atoms with E-state index in [0.29, 0.717) is 0 Å². The standard InChI is InChI=1S/C43H27N3.2C43H30NOP/c1-4-11-28(12-5-1)34-17-10-18-35-40(34)36-27-33(23-26-39(36)46-41(35)30-15-8-3-9-16-30)38-25-22-32-20-19-31-21-24-37(29-13-6-2-7-14-29)44-42(31)43(32)45-38;2*45-46(35-18-9-3-10-19-35,36-20-11-4-12-21-36)37-27-24-31(25-28-37)34-26-29-41-40(30-34)42-38(32-14-5-1-6-15-32)22-13-23-39(42)43(44-41)33-16-7-2-8-17-33/h1-27H;2*1-30H. The van der Waals surface area contributed by atoms with Crippen LogP contribution >= 0.6 is 14.3 Å². The van der Waals surface area contributed by atoms with Crippen LogP contribution < -0.4 is 31.8 Å². The molecule has 0 N–H and O–H groups in total. The number of rotatable bonds is 16. The first-order valence-electron chi connectivity index (χ1n) is 46.5. The average Bonchev–Trinajstić information content (AvgIpc) is 0.746. The highest BCUT2D eigenvalue weighted by Gasteiger charge is 2.32. The van der Waals surface area contributed by atoms with Gasteiger partial charge in [0, 0.05) is 119 Å². The van der Waals surface area contributed by atoms with E-state index >= 15 is 0 Å². The van der Waals surface area contributed by atoms with Crippen molar-refractivity contribution in [2.24, 2.45) is 0 Å². The summed E-state index contributed by atoms with van der Waals surface area (Å²) in [5.41, 5.74) is 26.3. The van der Waals surface area contributed by atoms with E-state index in [9.17, 15) is 9.13 Å². The quantitative estimate of drug-likeness (QED) is 0.0702. The number of nitrogens with zero attached hydrogens (tertiary/aromatic N) is 5. The second-order valence-electron chi connectivity index (χ2n) is 34.6. The van der Waals surface area contributed by atoms with Gasteiger partial charge in [0.2, 0.25) is 0 Å². The van der Waals surface area contributed by atoms with Crippen molar-refractivity contribution in [1.82, 2.24) is 24.9 Å². The molecule has 0 radical (unpaired) electrons. The van der Waals surface area contributed by atoms with Crippen LogP contribution in [0.5, 0.6) is 0 Å². The van der Waals surface area contributed by atoms with E-state index < -0.39 is 14.3 Å². The Labute approximate surface area is 800 Å². The van der Waals surface area contributed by atoms with Crippen molar-refractivity contribution in [3.05, 3.63) is 528 Å². The van der Waals surface area contributed by atoms with Gasteiger partial charge in [-0.05, 0) is 104 Å². The normalized spacial score (nSPS) is 11.5. The molecular weight excluding hydrogens is 1710 g/mol. The van der Waals surface area contributed by atoms with Crippen LogP contribution in [-0.4, -0.2) is 24.9 Å². The molecule has 9 heteroatoms. The van der Waals surface area contributed by atoms with Crippen LogP contribution in [-0.2, 0) is 9.13 Å². The first kappa shape index (κ1) is 84.9. The minimum atomic E-state index is -3.05. The number of aromatic nitrogens is 5. The average molecular weight is 1800 g/mol. The third-order valence-corrected chi connectivity index (χ3v) is 32.5. The van der Waals surface area contributed by atoms with Gasteiger partial charge >= 0.3 is 0 Å². The maximum Gasteiger partial charge on any atom is 0.171 e. The van der Waals surface area contributed by atoms with Crippen LogP contribution in [0.25, 0.3) is 199 Å². The maximum atomic E-state index is 14.9. The van der Waals surface area contributed by atoms with E-state index in [1.165, 1.54) is 49.5 Å². The summed E-state index contributed by atoms with van der Waals surface area (Å²) < 4.78 is 29.8. The van der Waals surface area contributed by atoms with Crippen molar-refractivity contribution >= 4 is 133 Å². The Morgan fingerprint density at radius 1 is 0.152 bits per heavy atom. The van der Waals surface area contributed by atoms with Gasteiger partial charge in [0.15, 0.2) is 14.3 Å². The zero-order valence-corrected chi connectivity index (χ0v) is 77.0. The topological polar surface area (TPSA) is 98.6 Å². The molecule has 0 aliphatic rings. The number of fused-ring (bicyclic) bond motifs is 12. The van der Waals surface area contributed by atoms with Crippen molar-refractivity contribution in [3.63, 3.8) is 0 Å². The van der Waals surface area contributed by atoms with Gasteiger partial charge in [0.1, 0.15) is 0 Å². The van der Waals surface area contributed by atoms with E-state index in [1.54, 1.807) is 0 Å². The van der Waals surface area contributed by atoms with Gasteiger partial charge in [-0.3, -0.25) is 0 Å². The van der Waals surface area contributed by atoms with Crippen molar-refractivity contribution in [2.75, 3.05) is 0 Å². The minimum Gasteiger partial charge on any atom is -0.309 e. The molecule has 0 atom stereocenters. The molecule has 0 aliphatic carbocycles. The zero-order chi connectivity index (χ0) is 92.3. The van der Waals surface area contributed by atoms with E-state index in [2.05, 4.69) is 346 Å². The smallest absolute Gasteiger partial charge is 0.171 e. The molecule has 0 saturated heterocycles. The van der Waals surface area contributed by atoms with E-state index in [4.69, 9.17) is 24.9 Å². The molecule has 25 aromatic rings. The van der Waals surface area contributed by atoms with Crippen LogP contribution in [0.2, 0.25) is 0 Å². The van der Waals surface area contributed by atoms with Crippen molar-refractivity contribution in [1.29, 1.82) is 0 Å². The SMILES string of the molecule is O=P(c1ccccc1)(c1ccccc1)c1ccc(-c2ccc3nc(-c4ccccc4)c4cccc(-c5ccccc5)c4c3c2)cc1.O=P(c1ccccc1)(c1ccccc1)c1ccc(-c2ccc3nc(-c4ccccc4)c4cccc(-c5ccccc5)c4c3c2)cc1.c1ccc(-c2ccc3ccc4ccc(-c5ccc6nc(-c7ccccc7)c7cccc(-c8ccccc8)c7c6c5)nc4c3n2)cc1. The van der Waals surface area contributed by atoms with Gasteiger partial charge in [-0.25, -0.2) is 24.9 Å². The molecule has 0 unspecified atom stereocenters. The summed E-state index contributed by atoms with van der Waals surface area (Å²) in [6, 6.07) is 181. The summed E-state index contributed by atoms with van der Waals surface area (Å²) in [6.45, 7) is 0. The Hall–Kier alpha value is -17.3. The molecular formula is C129H87N5O2P2. The van der Waals surface area contributed by atoms with Crippen molar-refractivity contribution in [2.45, 2.75) is 0 Å². The van der Waals surface area contributed by atoms with Gasteiger partial charge in [-0.2, -0.15) is 0 Å². The predicted molar refractivity (Wildman–Crippen MR) is 581 cm³/mol. The molecule has 5 aromatic heterocycles. The van der Waals surface area contributed by atoms with Crippen molar-refractivity contribution in [3.8, 4) is 112 Å². The molecule has 20 aromatic carbocycles. The lowest BCUT2D eigenvalue weighted by Crippen LogP contribution is -2.24. The number of hydrogen-bond acceptors (Lipinski definition) is 7. The first-order chi connectivity index (χ1) is 68.2. The lowest BCUT2D eigenvalue weighted by molar-refractivity contribution is 0.591. The van der Waals surface area contributed by atoms with Gasteiger partial charge in [-0.1, -0.05) is 479 Å². The third-order valence-electron chi connectivity index (χ3n) is 26.3. The number of hydrogen-bond donors (Lipinski definition) is 0. The molecule has 138 heavy (non-hydrogen) atoms. The summed E-state index contributed by atoms with van der Waals surface area (Å²) in [5, 5.41) is 17.4. The molecule has 0 aliphatic heterocycles. The third kappa shape index (κ3) is 16.2. The molecule has 0 saturated carbocycles. The predicted octanol–water partition coefficient (Wildman–Crippen LogP) is 31.2. The molecule has 7 nitrogen and oxygen atoms in total. The Kier molecular flexibility index (Phi) is 22.9. The summed E-state index contributed by atoms with van der Waals surface area (Å²) in [7, 11) is -6.09. The highest BCUT2D eigenvalue weighted by Crippen LogP contribution is 2.48. The fourth-order valence-electron chi connectivity index (χ4n) is 19.6. The largest absolute Gasteiger partial charge is 0.309 e. The Morgan fingerprint density at radius 2 is 0.384 bits per heavy atom. The molecule has 5 heterocycles. The zero-order valence-electron chi connectivity index (χ0n) is 75.2. The number of pyridine rings is 5.